The summed E-state index contributed by atoms with van der Waals surface area (Å²) in [5, 5.41) is 0. The molecular weight excluding hydrogens is 228 g/mol. The van der Waals surface area contributed by atoms with Crippen LogP contribution in [0.5, 0.6) is 0 Å². The largest absolute Gasteiger partial charge is 0.409 e. The lowest BCUT2D eigenvalue weighted by molar-refractivity contribution is -0.114. The van der Waals surface area contributed by atoms with E-state index in [0.717, 1.165) is 0 Å². The van der Waals surface area contributed by atoms with Crippen molar-refractivity contribution in [2.75, 3.05) is 0 Å². The lowest BCUT2D eigenvalue weighted by Gasteiger charge is -2.43. The number of hydrogen-bond donors (Lipinski definition) is 0. The zero-order valence-corrected chi connectivity index (χ0v) is 13.0. The second kappa shape index (κ2) is 5.49. The van der Waals surface area contributed by atoms with Crippen LogP contribution in [0.25, 0.3) is 0 Å². The molecule has 2 nitrogen and oxygen atoms in total. The number of carbonyl (C=O) groups is 1. The lowest BCUT2D eigenvalue weighted by atomic mass is 10.3. The molecule has 0 aromatic rings. The van der Waals surface area contributed by atoms with Crippen molar-refractivity contribution >= 4 is 14.1 Å². The third-order valence-electron chi connectivity index (χ3n) is 3.96. The smallest absolute Gasteiger partial charge is 0.201 e. The minimum Gasteiger partial charge on any atom is -0.409 e. The molecule has 0 heterocycles. The molecule has 1 unspecified atom stereocenters. The molecule has 17 heavy (non-hydrogen) atoms. The van der Waals surface area contributed by atoms with Crippen LogP contribution in [-0.2, 0) is 9.22 Å². The van der Waals surface area contributed by atoms with Gasteiger partial charge in [-0.3, -0.25) is 4.79 Å². The van der Waals surface area contributed by atoms with Crippen LogP contribution < -0.4 is 0 Å². The van der Waals surface area contributed by atoms with Gasteiger partial charge in [0.15, 0.2) is 5.78 Å². The third kappa shape index (κ3) is 2.88. The van der Waals surface area contributed by atoms with Crippen molar-refractivity contribution in [2.24, 2.45) is 0 Å². The molecule has 98 valence electrons. The van der Waals surface area contributed by atoms with Gasteiger partial charge < -0.3 is 4.43 Å². The SMILES string of the molecule is CC(C)[Si](OC1C=CC(=O)C1)(C(C)C)C(C)C. The molecule has 0 spiro atoms. The number of ketones is 1. The fourth-order valence-corrected chi connectivity index (χ4v) is 8.80. The highest BCUT2D eigenvalue weighted by atomic mass is 28.4. The van der Waals surface area contributed by atoms with Gasteiger partial charge in [-0.2, -0.15) is 0 Å². The molecule has 0 saturated carbocycles. The summed E-state index contributed by atoms with van der Waals surface area (Å²) >= 11 is 0. The summed E-state index contributed by atoms with van der Waals surface area (Å²) < 4.78 is 6.49. The molecule has 0 amide bonds. The average molecular weight is 254 g/mol. The van der Waals surface area contributed by atoms with Crippen LogP contribution >= 0.6 is 0 Å². The molecular formula is C14H26O2Si. The minimum atomic E-state index is -1.83. The highest BCUT2D eigenvalue weighted by molar-refractivity contribution is 6.77. The second-order valence-corrected chi connectivity index (χ2v) is 11.4. The molecule has 0 fully saturated rings. The predicted octanol–water partition coefficient (Wildman–Crippen LogP) is 4.08. The van der Waals surface area contributed by atoms with Crippen LogP contribution in [0, 0.1) is 0 Å². The molecule has 3 heteroatoms. The standard InChI is InChI=1S/C14H26O2Si/c1-10(2)17(11(3)4,12(5)6)16-14-8-7-13(15)9-14/h7-8,10-12,14H,9H2,1-6H3. The maximum Gasteiger partial charge on any atom is 0.201 e. The van der Waals surface area contributed by atoms with E-state index in [-0.39, 0.29) is 11.9 Å². The van der Waals surface area contributed by atoms with Gasteiger partial charge in [0.25, 0.3) is 0 Å². The number of rotatable bonds is 5. The Labute approximate surface area is 107 Å². The van der Waals surface area contributed by atoms with Gasteiger partial charge in [-0.1, -0.05) is 47.6 Å². The maximum absolute atomic E-state index is 11.3. The van der Waals surface area contributed by atoms with Crippen LogP contribution in [0.4, 0.5) is 0 Å². The summed E-state index contributed by atoms with van der Waals surface area (Å²) in [4.78, 5) is 11.3. The maximum atomic E-state index is 11.3. The first-order valence-corrected chi connectivity index (χ1v) is 8.83. The summed E-state index contributed by atoms with van der Waals surface area (Å²) in [5.74, 6) is 0.203. The Morgan fingerprint density at radius 2 is 1.59 bits per heavy atom. The van der Waals surface area contributed by atoms with Crippen molar-refractivity contribution in [3.63, 3.8) is 0 Å². The third-order valence-corrected chi connectivity index (χ3v) is 10.1. The Balaban J connectivity index is 2.90. The van der Waals surface area contributed by atoms with Gasteiger partial charge in [-0.15, -0.1) is 0 Å². The normalized spacial score (nSPS) is 21.2. The second-order valence-electron chi connectivity index (χ2n) is 6.00. The number of hydrogen-bond acceptors (Lipinski definition) is 2. The van der Waals surface area contributed by atoms with Crippen molar-refractivity contribution in [1.82, 2.24) is 0 Å². The van der Waals surface area contributed by atoms with Gasteiger partial charge in [0.2, 0.25) is 8.32 Å². The molecule has 1 rings (SSSR count). The fraction of sp³-hybridized carbons (Fsp3) is 0.786. The summed E-state index contributed by atoms with van der Waals surface area (Å²) in [7, 11) is -1.83. The summed E-state index contributed by atoms with van der Waals surface area (Å²) in [6, 6.07) is 0. The number of allylic oxidation sites excluding steroid dienone is 1. The van der Waals surface area contributed by atoms with Crippen molar-refractivity contribution in [2.45, 2.75) is 70.7 Å². The van der Waals surface area contributed by atoms with E-state index < -0.39 is 8.32 Å². The molecule has 0 aromatic carbocycles. The molecule has 0 aromatic heterocycles. The van der Waals surface area contributed by atoms with Crippen molar-refractivity contribution in [3.05, 3.63) is 12.2 Å². The summed E-state index contributed by atoms with van der Waals surface area (Å²) in [6.45, 7) is 13.6. The van der Waals surface area contributed by atoms with Crippen molar-refractivity contribution in [1.29, 1.82) is 0 Å². The molecule has 1 aliphatic carbocycles. The summed E-state index contributed by atoms with van der Waals surface area (Å²) in [5.41, 5.74) is 1.73. The van der Waals surface area contributed by atoms with E-state index in [1.807, 2.05) is 6.08 Å². The predicted molar refractivity (Wildman–Crippen MR) is 74.7 cm³/mol. The first-order chi connectivity index (χ1) is 7.80. The van der Waals surface area contributed by atoms with Gasteiger partial charge in [-0.05, 0) is 22.7 Å². The van der Waals surface area contributed by atoms with E-state index in [1.165, 1.54) is 0 Å². The molecule has 0 bridgehead atoms. The van der Waals surface area contributed by atoms with E-state index >= 15 is 0 Å². The Hall–Kier alpha value is -0.413. The topological polar surface area (TPSA) is 26.3 Å². The number of carbonyl (C=O) groups excluding carboxylic acids is 1. The Morgan fingerprint density at radius 3 is 1.88 bits per heavy atom. The minimum absolute atomic E-state index is 0.0290. The van der Waals surface area contributed by atoms with Crippen LogP contribution in [0.3, 0.4) is 0 Å². The van der Waals surface area contributed by atoms with E-state index in [9.17, 15) is 4.79 Å². The van der Waals surface area contributed by atoms with Gasteiger partial charge >= 0.3 is 0 Å². The quantitative estimate of drug-likeness (QED) is 0.691. The molecule has 0 N–H and O–H groups in total. The van der Waals surface area contributed by atoms with E-state index in [0.29, 0.717) is 23.0 Å². The van der Waals surface area contributed by atoms with Crippen molar-refractivity contribution < 1.29 is 9.22 Å². The van der Waals surface area contributed by atoms with Crippen LogP contribution in [0.15, 0.2) is 12.2 Å². The van der Waals surface area contributed by atoms with E-state index in [2.05, 4.69) is 41.5 Å². The van der Waals surface area contributed by atoms with E-state index in [1.54, 1.807) is 6.08 Å². The highest BCUT2D eigenvalue weighted by Crippen LogP contribution is 2.43. The zero-order valence-electron chi connectivity index (χ0n) is 12.0. The Kier molecular flexibility index (Phi) is 4.73. The molecule has 0 aliphatic heterocycles. The van der Waals surface area contributed by atoms with Gasteiger partial charge in [0.05, 0.1) is 6.10 Å². The van der Waals surface area contributed by atoms with Gasteiger partial charge in [0, 0.05) is 6.42 Å². The molecule has 1 atom stereocenters. The monoisotopic (exact) mass is 254 g/mol. The molecule has 0 saturated heterocycles. The zero-order chi connectivity index (χ0) is 13.2. The highest BCUT2D eigenvalue weighted by Gasteiger charge is 2.46. The molecule has 1 aliphatic rings. The van der Waals surface area contributed by atoms with Gasteiger partial charge in [0.1, 0.15) is 0 Å². The van der Waals surface area contributed by atoms with E-state index in [4.69, 9.17) is 4.43 Å². The first kappa shape index (κ1) is 14.6. The van der Waals surface area contributed by atoms with Crippen LogP contribution in [0.2, 0.25) is 16.6 Å². The van der Waals surface area contributed by atoms with Crippen molar-refractivity contribution in [3.8, 4) is 0 Å². The van der Waals surface area contributed by atoms with Crippen LogP contribution in [0.1, 0.15) is 48.0 Å². The average Bonchev–Trinajstić information content (AvgIpc) is 2.58. The Morgan fingerprint density at radius 1 is 1.12 bits per heavy atom. The lowest BCUT2D eigenvalue weighted by Crippen LogP contribution is -2.49. The molecule has 0 radical (unpaired) electrons. The first-order valence-electron chi connectivity index (χ1n) is 6.69. The van der Waals surface area contributed by atoms with Crippen LogP contribution in [-0.4, -0.2) is 20.2 Å². The van der Waals surface area contributed by atoms with Gasteiger partial charge in [-0.25, -0.2) is 0 Å². The fourth-order valence-electron chi connectivity index (χ4n) is 3.30. The summed E-state index contributed by atoms with van der Waals surface area (Å²) in [6.07, 6.45) is 4.18. The Bertz CT molecular complexity index is 284.